The molecule has 0 aliphatic rings. The van der Waals surface area contributed by atoms with Gasteiger partial charge in [0.05, 0.1) is 6.54 Å². The van der Waals surface area contributed by atoms with Gasteiger partial charge in [0.1, 0.15) is 28.1 Å². The Morgan fingerprint density at radius 2 is 1.90 bits per heavy atom. The van der Waals surface area contributed by atoms with Crippen molar-refractivity contribution in [3.05, 3.63) is 53.5 Å². The van der Waals surface area contributed by atoms with Crippen molar-refractivity contribution in [3.63, 3.8) is 0 Å². The summed E-state index contributed by atoms with van der Waals surface area (Å²) in [4.78, 5) is -0.691. The lowest BCUT2D eigenvalue weighted by Gasteiger charge is -2.16. The van der Waals surface area contributed by atoms with Gasteiger partial charge in [-0.25, -0.2) is 17.2 Å². The SMILES string of the molecule is Cc1ccc(CN(C)S(=O)(=O)c2cc(F)ccc2F)o1. The van der Waals surface area contributed by atoms with Gasteiger partial charge in [-0.2, -0.15) is 4.31 Å². The summed E-state index contributed by atoms with van der Waals surface area (Å²) in [6.45, 7) is 1.66. The predicted molar refractivity (Wildman–Crippen MR) is 68.5 cm³/mol. The van der Waals surface area contributed by atoms with Crippen molar-refractivity contribution in [1.82, 2.24) is 4.31 Å². The summed E-state index contributed by atoms with van der Waals surface area (Å²) >= 11 is 0. The van der Waals surface area contributed by atoms with Crippen LogP contribution in [0.15, 0.2) is 39.6 Å². The van der Waals surface area contributed by atoms with Crippen molar-refractivity contribution >= 4 is 10.0 Å². The van der Waals surface area contributed by atoms with Gasteiger partial charge in [0.25, 0.3) is 0 Å². The number of aryl methyl sites for hydroxylation is 1. The van der Waals surface area contributed by atoms with Crippen LogP contribution < -0.4 is 0 Å². The maximum absolute atomic E-state index is 13.6. The van der Waals surface area contributed by atoms with Gasteiger partial charge in [0, 0.05) is 7.05 Å². The van der Waals surface area contributed by atoms with Crippen LogP contribution in [0.3, 0.4) is 0 Å². The first-order valence-corrected chi connectivity index (χ1v) is 7.21. The molecular weight excluding hydrogens is 288 g/mol. The molecule has 0 bridgehead atoms. The maximum Gasteiger partial charge on any atom is 0.246 e. The van der Waals surface area contributed by atoms with E-state index in [0.29, 0.717) is 17.6 Å². The molecule has 1 aromatic heterocycles. The molecule has 2 aromatic rings. The lowest BCUT2D eigenvalue weighted by atomic mass is 10.3. The quantitative estimate of drug-likeness (QED) is 0.872. The summed E-state index contributed by atoms with van der Waals surface area (Å²) in [5.41, 5.74) is 0. The molecule has 0 unspecified atom stereocenters. The highest BCUT2D eigenvalue weighted by Gasteiger charge is 2.25. The fourth-order valence-corrected chi connectivity index (χ4v) is 2.93. The first-order valence-electron chi connectivity index (χ1n) is 5.77. The molecule has 0 fully saturated rings. The number of rotatable bonds is 4. The number of halogens is 2. The van der Waals surface area contributed by atoms with Crippen LogP contribution in [-0.4, -0.2) is 19.8 Å². The van der Waals surface area contributed by atoms with Crippen molar-refractivity contribution in [2.75, 3.05) is 7.05 Å². The number of hydrogen-bond donors (Lipinski definition) is 0. The number of nitrogens with zero attached hydrogens (tertiary/aromatic N) is 1. The van der Waals surface area contributed by atoms with E-state index in [1.54, 1.807) is 19.1 Å². The Morgan fingerprint density at radius 1 is 1.20 bits per heavy atom. The molecule has 0 spiro atoms. The van der Waals surface area contributed by atoms with Crippen LogP contribution >= 0.6 is 0 Å². The molecule has 0 aliphatic heterocycles. The smallest absolute Gasteiger partial charge is 0.246 e. The van der Waals surface area contributed by atoms with E-state index in [4.69, 9.17) is 4.42 Å². The van der Waals surface area contributed by atoms with Crippen LogP contribution in [-0.2, 0) is 16.6 Å². The number of hydrogen-bond acceptors (Lipinski definition) is 3. The van der Waals surface area contributed by atoms with Crippen LogP contribution in [0, 0.1) is 18.6 Å². The summed E-state index contributed by atoms with van der Waals surface area (Å²) in [5.74, 6) is -0.741. The molecule has 0 amide bonds. The summed E-state index contributed by atoms with van der Waals surface area (Å²) in [6.07, 6.45) is 0. The van der Waals surface area contributed by atoms with Crippen molar-refractivity contribution < 1.29 is 21.6 Å². The Morgan fingerprint density at radius 3 is 2.50 bits per heavy atom. The molecule has 4 nitrogen and oxygen atoms in total. The lowest BCUT2D eigenvalue weighted by Crippen LogP contribution is -2.27. The molecule has 7 heteroatoms. The fourth-order valence-electron chi connectivity index (χ4n) is 1.72. The number of benzene rings is 1. The van der Waals surface area contributed by atoms with E-state index in [1.165, 1.54) is 7.05 Å². The maximum atomic E-state index is 13.6. The fraction of sp³-hybridized carbons (Fsp3) is 0.231. The molecule has 1 aromatic carbocycles. The Balaban J connectivity index is 2.32. The minimum atomic E-state index is -4.12. The standard InChI is InChI=1S/C13H13F2NO3S/c1-9-3-5-11(19-9)8-16(2)20(17,18)13-7-10(14)4-6-12(13)15/h3-7H,8H2,1-2H3. The Labute approximate surface area is 115 Å². The number of furan rings is 1. The van der Waals surface area contributed by atoms with Gasteiger partial charge in [0.2, 0.25) is 10.0 Å². The van der Waals surface area contributed by atoms with Gasteiger partial charge in [0.15, 0.2) is 0 Å². The van der Waals surface area contributed by atoms with Gasteiger partial charge in [-0.1, -0.05) is 0 Å². The van der Waals surface area contributed by atoms with E-state index >= 15 is 0 Å². The molecule has 0 saturated carbocycles. The molecule has 20 heavy (non-hydrogen) atoms. The first-order chi connectivity index (χ1) is 9.30. The summed E-state index contributed by atoms with van der Waals surface area (Å²) in [7, 11) is -2.85. The normalized spacial score (nSPS) is 12.1. The van der Waals surface area contributed by atoms with E-state index < -0.39 is 26.6 Å². The molecule has 0 atom stereocenters. The molecule has 0 saturated heterocycles. The van der Waals surface area contributed by atoms with Crippen molar-refractivity contribution in [1.29, 1.82) is 0 Å². The second kappa shape index (κ2) is 5.34. The molecule has 1 heterocycles. The van der Waals surface area contributed by atoms with E-state index in [0.717, 1.165) is 16.4 Å². The van der Waals surface area contributed by atoms with E-state index in [-0.39, 0.29) is 6.54 Å². The third-order valence-electron chi connectivity index (χ3n) is 2.76. The topological polar surface area (TPSA) is 50.5 Å². The Hall–Kier alpha value is -1.73. The van der Waals surface area contributed by atoms with Crippen molar-refractivity contribution in [2.24, 2.45) is 0 Å². The monoisotopic (exact) mass is 301 g/mol. The van der Waals surface area contributed by atoms with Crippen LogP contribution in [0.5, 0.6) is 0 Å². The Bertz CT molecular complexity index is 725. The van der Waals surface area contributed by atoms with Gasteiger partial charge >= 0.3 is 0 Å². The van der Waals surface area contributed by atoms with Crippen molar-refractivity contribution in [3.8, 4) is 0 Å². The van der Waals surface area contributed by atoms with Crippen LogP contribution in [0.25, 0.3) is 0 Å². The summed E-state index contributed by atoms with van der Waals surface area (Å²) < 4.78 is 57.2. The third-order valence-corrected chi connectivity index (χ3v) is 4.57. The zero-order valence-corrected chi connectivity index (χ0v) is 11.7. The van der Waals surface area contributed by atoms with Crippen LogP contribution in [0.1, 0.15) is 11.5 Å². The average Bonchev–Trinajstić information content (AvgIpc) is 2.77. The van der Waals surface area contributed by atoms with E-state index in [9.17, 15) is 17.2 Å². The van der Waals surface area contributed by atoms with Gasteiger partial charge in [-0.05, 0) is 37.3 Å². The van der Waals surface area contributed by atoms with E-state index in [1.807, 2.05) is 0 Å². The third kappa shape index (κ3) is 2.88. The highest BCUT2D eigenvalue weighted by atomic mass is 32.2. The first kappa shape index (κ1) is 14.7. The molecule has 0 aliphatic carbocycles. The number of sulfonamides is 1. The minimum Gasteiger partial charge on any atom is -0.465 e. The molecule has 0 N–H and O–H groups in total. The predicted octanol–water partition coefficient (Wildman–Crippen LogP) is 2.69. The largest absolute Gasteiger partial charge is 0.465 e. The zero-order valence-electron chi connectivity index (χ0n) is 10.9. The highest BCUT2D eigenvalue weighted by Crippen LogP contribution is 2.21. The zero-order chi connectivity index (χ0) is 14.9. The van der Waals surface area contributed by atoms with Crippen LogP contribution in [0.2, 0.25) is 0 Å². The van der Waals surface area contributed by atoms with Gasteiger partial charge in [-0.3, -0.25) is 0 Å². The van der Waals surface area contributed by atoms with E-state index in [2.05, 4.69) is 0 Å². The molecular formula is C13H13F2NO3S. The molecule has 2 rings (SSSR count). The second-order valence-corrected chi connectivity index (χ2v) is 6.36. The summed E-state index contributed by atoms with van der Waals surface area (Å²) in [5, 5.41) is 0. The molecule has 108 valence electrons. The lowest BCUT2D eigenvalue weighted by molar-refractivity contribution is 0.395. The van der Waals surface area contributed by atoms with Crippen molar-refractivity contribution in [2.45, 2.75) is 18.4 Å². The van der Waals surface area contributed by atoms with Gasteiger partial charge in [-0.15, -0.1) is 0 Å². The average molecular weight is 301 g/mol. The van der Waals surface area contributed by atoms with Crippen LogP contribution in [0.4, 0.5) is 8.78 Å². The Kier molecular flexibility index (Phi) is 3.92. The highest BCUT2D eigenvalue weighted by molar-refractivity contribution is 7.89. The summed E-state index contributed by atoms with van der Waals surface area (Å²) in [6, 6.07) is 5.63. The molecule has 0 radical (unpaired) electrons. The minimum absolute atomic E-state index is 0.0634. The van der Waals surface area contributed by atoms with Gasteiger partial charge < -0.3 is 4.42 Å². The second-order valence-electron chi connectivity index (χ2n) is 4.35.